The second-order valence-electron chi connectivity index (χ2n) is 16.5. The van der Waals surface area contributed by atoms with Gasteiger partial charge >= 0.3 is 5.97 Å². The second kappa shape index (κ2) is 18.0. The minimum Gasteiger partial charge on any atom is -0.459 e. The fourth-order valence-corrected chi connectivity index (χ4v) is 8.50. The standard InChI is InChI=1S/C37H68N2O13/c1-13-26-37(10,46)30(42)23(6)39(11)17-19(2)15-35(8,45)32(52-34-28(41)25(38-18-40)14-20(3)48-34)21(4)29(22(5)33(44)50-26)51-27-16-36(9,47-12)31(43)24(7)49-27/h18-32,34,41-43,45-46H,13-17H2,1-12H3,(H,38,40)/t19-,20+,21+,22-,23-,24-,25-,26-,27-,28+,29+,30-,31-,32-,34-,35-,36+,37-/m1/s1. The number of nitrogens with zero attached hydrogens (tertiary/aromatic N) is 1. The Morgan fingerprint density at radius 1 is 0.981 bits per heavy atom. The van der Waals surface area contributed by atoms with Gasteiger partial charge in [0.15, 0.2) is 12.6 Å². The number of amides is 1. The Labute approximate surface area is 309 Å². The van der Waals surface area contributed by atoms with Gasteiger partial charge in [-0.1, -0.05) is 20.8 Å². The van der Waals surface area contributed by atoms with Gasteiger partial charge in [-0.3, -0.25) is 9.59 Å². The first-order valence-corrected chi connectivity index (χ1v) is 18.8. The number of ether oxygens (including phenoxy) is 6. The molecule has 18 atom stereocenters. The largest absolute Gasteiger partial charge is 0.459 e. The third-order valence-corrected chi connectivity index (χ3v) is 11.9. The molecule has 0 radical (unpaired) electrons. The van der Waals surface area contributed by atoms with Gasteiger partial charge in [0, 0.05) is 32.0 Å². The van der Waals surface area contributed by atoms with Crippen molar-refractivity contribution in [3.63, 3.8) is 0 Å². The van der Waals surface area contributed by atoms with Crippen molar-refractivity contribution < 1.29 is 63.5 Å². The van der Waals surface area contributed by atoms with Crippen LogP contribution in [0.3, 0.4) is 0 Å². The zero-order chi connectivity index (χ0) is 39.5. The van der Waals surface area contributed by atoms with E-state index in [1.165, 1.54) is 14.0 Å². The number of aliphatic hydroxyl groups is 5. The molecule has 15 heteroatoms. The number of carbonyl (C=O) groups excluding carboxylic acids is 2. The molecule has 0 aromatic carbocycles. The first kappa shape index (κ1) is 44.9. The first-order chi connectivity index (χ1) is 24.0. The van der Waals surface area contributed by atoms with Crippen molar-refractivity contribution >= 4 is 12.4 Å². The quantitative estimate of drug-likeness (QED) is 0.152. The molecule has 304 valence electrons. The highest BCUT2D eigenvalue weighted by Crippen LogP contribution is 2.40. The van der Waals surface area contributed by atoms with Gasteiger partial charge in [-0.25, -0.2) is 0 Å². The molecule has 3 aliphatic heterocycles. The van der Waals surface area contributed by atoms with E-state index in [9.17, 15) is 35.1 Å². The summed E-state index contributed by atoms with van der Waals surface area (Å²) < 4.78 is 37.1. The number of hydrogen-bond acceptors (Lipinski definition) is 14. The van der Waals surface area contributed by atoms with Crippen molar-refractivity contribution in [1.82, 2.24) is 10.2 Å². The predicted molar refractivity (Wildman–Crippen MR) is 190 cm³/mol. The van der Waals surface area contributed by atoms with Gasteiger partial charge in [0.25, 0.3) is 0 Å². The molecule has 6 N–H and O–H groups in total. The van der Waals surface area contributed by atoms with E-state index < -0.39 is 108 Å². The van der Waals surface area contributed by atoms with Gasteiger partial charge in [-0.05, 0) is 80.7 Å². The molecule has 3 rings (SSSR count). The number of nitrogens with one attached hydrogen (secondary N) is 1. The Bertz CT molecular complexity index is 1160. The first-order valence-electron chi connectivity index (χ1n) is 18.8. The van der Waals surface area contributed by atoms with E-state index in [4.69, 9.17) is 28.4 Å². The van der Waals surface area contributed by atoms with Gasteiger partial charge in [-0.2, -0.15) is 0 Å². The van der Waals surface area contributed by atoms with E-state index in [0.29, 0.717) is 19.4 Å². The third kappa shape index (κ3) is 10.0. The Morgan fingerprint density at radius 3 is 2.19 bits per heavy atom. The van der Waals surface area contributed by atoms with Crippen LogP contribution in [0.2, 0.25) is 0 Å². The third-order valence-electron chi connectivity index (χ3n) is 11.9. The number of hydrogen-bond donors (Lipinski definition) is 6. The summed E-state index contributed by atoms with van der Waals surface area (Å²) in [6, 6.07) is -1.24. The topological polar surface area (TPSA) is 206 Å². The van der Waals surface area contributed by atoms with E-state index >= 15 is 0 Å². The zero-order valence-corrected chi connectivity index (χ0v) is 33.2. The molecule has 0 unspecified atom stereocenters. The SMILES string of the molecule is CC[C@H]1OC(=O)[C@H](C)[C@@H](O[C@@H]2C[C@](C)(OC)[C@H](O)[C@@H](C)O2)[C@H](C)[C@@H](O[C@H]2O[C@@H](C)C[C@@H](NC=O)[C@@H]2O)[C@](C)(O)C[C@@H](C)CN(C)[C@H](C)[C@@H](O)[C@]1(C)O. The Morgan fingerprint density at radius 2 is 1.62 bits per heavy atom. The molecule has 0 aliphatic carbocycles. The van der Waals surface area contributed by atoms with Crippen LogP contribution < -0.4 is 5.32 Å². The van der Waals surface area contributed by atoms with Crippen molar-refractivity contribution in [3.05, 3.63) is 0 Å². The summed E-state index contributed by atoms with van der Waals surface area (Å²) in [6.07, 6.45) is -8.89. The van der Waals surface area contributed by atoms with E-state index in [-0.39, 0.29) is 25.2 Å². The normalized spacial score (nSPS) is 49.3. The van der Waals surface area contributed by atoms with Crippen LogP contribution in [0, 0.1) is 17.8 Å². The van der Waals surface area contributed by atoms with Crippen LogP contribution in [0.1, 0.15) is 94.9 Å². The van der Waals surface area contributed by atoms with Crippen LogP contribution >= 0.6 is 0 Å². The lowest BCUT2D eigenvalue weighted by Gasteiger charge is -2.48. The minimum absolute atomic E-state index is 0.0999. The lowest BCUT2D eigenvalue weighted by Crippen LogP contribution is -2.60. The van der Waals surface area contributed by atoms with Crippen molar-refractivity contribution in [3.8, 4) is 0 Å². The van der Waals surface area contributed by atoms with Crippen molar-refractivity contribution in [2.75, 3.05) is 20.7 Å². The van der Waals surface area contributed by atoms with Crippen LogP contribution in [0.15, 0.2) is 0 Å². The van der Waals surface area contributed by atoms with Crippen LogP contribution in [-0.4, -0.2) is 154 Å². The molecular formula is C37H68N2O13. The van der Waals surface area contributed by atoms with Crippen LogP contribution in [-0.2, 0) is 38.0 Å². The summed E-state index contributed by atoms with van der Waals surface area (Å²) in [5.74, 6) is -2.79. The zero-order valence-electron chi connectivity index (χ0n) is 33.2. The van der Waals surface area contributed by atoms with Crippen molar-refractivity contribution in [1.29, 1.82) is 0 Å². The number of methoxy groups -OCH3 is 1. The molecule has 52 heavy (non-hydrogen) atoms. The van der Waals surface area contributed by atoms with E-state index in [0.717, 1.165) is 0 Å². The number of cyclic esters (lactones) is 1. The molecule has 3 heterocycles. The predicted octanol–water partition coefficient (Wildman–Crippen LogP) is 1.09. The van der Waals surface area contributed by atoms with Crippen molar-refractivity contribution in [2.45, 2.75) is 185 Å². The molecule has 3 saturated heterocycles. The van der Waals surface area contributed by atoms with E-state index in [1.54, 1.807) is 55.4 Å². The molecule has 0 bridgehead atoms. The number of rotatable bonds is 8. The Hall–Kier alpha value is -1.50. The van der Waals surface area contributed by atoms with E-state index in [1.807, 2.05) is 18.9 Å². The lowest BCUT2D eigenvalue weighted by molar-refractivity contribution is -0.315. The van der Waals surface area contributed by atoms with Crippen LogP contribution in [0.25, 0.3) is 0 Å². The maximum Gasteiger partial charge on any atom is 0.311 e. The maximum atomic E-state index is 14.2. The summed E-state index contributed by atoms with van der Waals surface area (Å²) in [6.45, 7) is 17.6. The van der Waals surface area contributed by atoms with Gasteiger partial charge in [-0.15, -0.1) is 0 Å². The molecule has 1 amide bonds. The molecule has 0 saturated carbocycles. The van der Waals surface area contributed by atoms with Gasteiger partial charge in [0.05, 0.1) is 47.6 Å². The average molecular weight is 749 g/mol. The fraction of sp³-hybridized carbons (Fsp3) is 0.946. The van der Waals surface area contributed by atoms with Gasteiger partial charge in [0.1, 0.15) is 30.0 Å². The molecule has 0 aromatic heterocycles. The van der Waals surface area contributed by atoms with E-state index in [2.05, 4.69) is 5.32 Å². The highest BCUT2D eigenvalue weighted by molar-refractivity contribution is 5.73. The van der Waals surface area contributed by atoms with Crippen LogP contribution in [0.5, 0.6) is 0 Å². The summed E-state index contributed by atoms with van der Waals surface area (Å²) in [7, 11) is 3.30. The summed E-state index contributed by atoms with van der Waals surface area (Å²) in [4.78, 5) is 27.4. The number of carbonyl (C=O) groups is 2. The lowest BCUT2D eigenvalue weighted by atomic mass is 9.77. The highest BCUT2D eigenvalue weighted by Gasteiger charge is 2.52. The van der Waals surface area contributed by atoms with Crippen molar-refractivity contribution in [2.24, 2.45) is 17.8 Å². The average Bonchev–Trinajstić information content (AvgIpc) is 3.06. The smallest absolute Gasteiger partial charge is 0.311 e. The molecule has 0 aromatic rings. The Balaban J connectivity index is 2.17. The fourth-order valence-electron chi connectivity index (χ4n) is 8.50. The number of aliphatic hydroxyl groups excluding tert-OH is 3. The van der Waals surface area contributed by atoms with Crippen LogP contribution in [0.4, 0.5) is 0 Å². The molecule has 3 fully saturated rings. The summed E-state index contributed by atoms with van der Waals surface area (Å²) in [5.41, 5.74) is -4.50. The maximum absolute atomic E-state index is 14.2. The minimum atomic E-state index is -1.82. The van der Waals surface area contributed by atoms with Gasteiger partial charge < -0.3 is 64.2 Å². The van der Waals surface area contributed by atoms with Gasteiger partial charge in [0.2, 0.25) is 6.41 Å². The molecule has 0 spiro atoms. The number of likely N-dealkylation sites (N-methyl/N-ethyl adjacent to an activating group) is 1. The second-order valence-corrected chi connectivity index (χ2v) is 16.5. The Kier molecular flexibility index (Phi) is 15.5. The monoisotopic (exact) mass is 748 g/mol. The summed E-state index contributed by atoms with van der Waals surface area (Å²) >= 11 is 0. The number of esters is 1. The molecular weight excluding hydrogens is 680 g/mol. The summed E-state index contributed by atoms with van der Waals surface area (Å²) in [5, 5.41) is 60.4. The molecule has 3 aliphatic rings. The highest BCUT2D eigenvalue weighted by atomic mass is 16.7. The molecule has 15 nitrogen and oxygen atoms in total.